The fraction of sp³-hybridized carbons (Fsp3) is 0.308. The van der Waals surface area contributed by atoms with Gasteiger partial charge in [0.1, 0.15) is 5.76 Å². The molecule has 3 nitrogen and oxygen atoms in total. The lowest BCUT2D eigenvalue weighted by Gasteiger charge is -2.03. The van der Waals surface area contributed by atoms with Crippen LogP contribution in [-0.4, -0.2) is 10.3 Å². The molecule has 0 bridgehead atoms. The first kappa shape index (κ1) is 9.46. The van der Waals surface area contributed by atoms with Gasteiger partial charge in [0.05, 0.1) is 18.0 Å². The van der Waals surface area contributed by atoms with E-state index in [1.165, 1.54) is 11.1 Å². The average Bonchev–Trinajstić information content (AvgIpc) is 2.80. The summed E-state index contributed by atoms with van der Waals surface area (Å²) < 4.78 is 7.92. The largest absolute Gasteiger partial charge is 0.444 e. The zero-order chi connectivity index (χ0) is 11.3. The Balaban J connectivity index is 2.35. The molecule has 1 aliphatic heterocycles. The number of aliphatic imine (C=N–C) groups is 1. The third kappa shape index (κ3) is 1.11. The summed E-state index contributed by atoms with van der Waals surface area (Å²) in [5, 5.41) is 0. The van der Waals surface area contributed by atoms with Gasteiger partial charge in [-0.3, -0.25) is 9.56 Å². The molecule has 2 aromatic heterocycles. The number of hydrogen-bond donors (Lipinski definition) is 0. The molecular weight excluding hydrogens is 200 g/mol. The highest BCUT2D eigenvalue weighted by Gasteiger charge is 2.20. The second-order valence-electron chi connectivity index (χ2n) is 4.23. The van der Waals surface area contributed by atoms with E-state index >= 15 is 0 Å². The molecule has 0 N–H and O–H groups in total. The second-order valence-corrected chi connectivity index (χ2v) is 4.23. The van der Waals surface area contributed by atoms with E-state index in [2.05, 4.69) is 22.5 Å². The number of aryl methyl sites for hydroxylation is 1. The van der Waals surface area contributed by atoms with Crippen LogP contribution in [0.4, 0.5) is 0 Å². The van der Waals surface area contributed by atoms with Crippen LogP contribution in [0.25, 0.3) is 5.88 Å². The van der Waals surface area contributed by atoms with Crippen molar-refractivity contribution in [3.63, 3.8) is 0 Å². The highest BCUT2D eigenvalue weighted by atomic mass is 16.4. The molecule has 3 rings (SSSR count). The monoisotopic (exact) mass is 214 g/mol. The van der Waals surface area contributed by atoms with Crippen molar-refractivity contribution >= 4 is 5.71 Å². The zero-order valence-electron chi connectivity index (χ0n) is 9.74. The van der Waals surface area contributed by atoms with Crippen LogP contribution in [-0.2, 0) is 6.54 Å². The molecule has 0 atom stereocenters. The van der Waals surface area contributed by atoms with Crippen molar-refractivity contribution in [2.75, 3.05) is 0 Å². The maximum atomic E-state index is 5.84. The normalized spacial score (nSPS) is 14.1. The van der Waals surface area contributed by atoms with Gasteiger partial charge in [0.15, 0.2) is 0 Å². The molecule has 1 aliphatic rings. The molecule has 3 heteroatoms. The Kier molecular flexibility index (Phi) is 1.84. The lowest BCUT2D eigenvalue weighted by atomic mass is 10.1. The van der Waals surface area contributed by atoms with E-state index in [9.17, 15) is 0 Å². The van der Waals surface area contributed by atoms with Gasteiger partial charge in [0.2, 0.25) is 5.88 Å². The number of furan rings is 1. The molecule has 0 saturated heterocycles. The average molecular weight is 214 g/mol. The smallest absolute Gasteiger partial charge is 0.209 e. The Morgan fingerprint density at radius 3 is 2.94 bits per heavy atom. The van der Waals surface area contributed by atoms with Gasteiger partial charge in [-0.2, -0.15) is 0 Å². The van der Waals surface area contributed by atoms with E-state index < -0.39 is 0 Å². The summed E-state index contributed by atoms with van der Waals surface area (Å²) in [5.41, 5.74) is 4.60. The van der Waals surface area contributed by atoms with Crippen LogP contribution in [0.5, 0.6) is 0 Å². The molecule has 0 aromatic carbocycles. The predicted molar refractivity (Wildman–Crippen MR) is 63.4 cm³/mol. The third-order valence-electron chi connectivity index (χ3n) is 3.30. The highest BCUT2D eigenvalue weighted by Crippen LogP contribution is 2.29. The van der Waals surface area contributed by atoms with E-state index in [0.29, 0.717) is 6.54 Å². The zero-order valence-corrected chi connectivity index (χ0v) is 9.74. The molecule has 0 saturated carbocycles. The van der Waals surface area contributed by atoms with E-state index in [1.807, 2.05) is 26.1 Å². The summed E-state index contributed by atoms with van der Waals surface area (Å²) in [6.07, 6.45) is 2.03. The number of rotatable bonds is 0. The van der Waals surface area contributed by atoms with Crippen LogP contribution >= 0.6 is 0 Å². The van der Waals surface area contributed by atoms with Crippen LogP contribution in [0.3, 0.4) is 0 Å². The topological polar surface area (TPSA) is 30.4 Å². The fourth-order valence-corrected chi connectivity index (χ4v) is 2.17. The Morgan fingerprint density at radius 1 is 1.31 bits per heavy atom. The summed E-state index contributed by atoms with van der Waals surface area (Å²) in [6, 6.07) is 4.10. The molecule has 0 unspecified atom stereocenters. The van der Waals surface area contributed by atoms with Crippen molar-refractivity contribution in [2.45, 2.75) is 27.3 Å². The van der Waals surface area contributed by atoms with Gasteiger partial charge in [-0.05, 0) is 38.5 Å². The van der Waals surface area contributed by atoms with Crippen LogP contribution in [0.1, 0.15) is 29.5 Å². The quantitative estimate of drug-likeness (QED) is 0.663. The number of fused-ring (bicyclic) bond motifs is 3. The second kappa shape index (κ2) is 3.11. The highest BCUT2D eigenvalue weighted by molar-refractivity contribution is 5.98. The number of aromatic nitrogens is 1. The standard InChI is InChI=1S/C13H14N2O/c1-8-10(3)16-13-11(8)7-14-9(2)12-5-4-6-15(12)13/h4-6H,7H2,1-3H3. The minimum Gasteiger partial charge on any atom is -0.444 e. The van der Waals surface area contributed by atoms with Gasteiger partial charge in [0, 0.05) is 11.8 Å². The Bertz CT molecular complexity index is 587. The van der Waals surface area contributed by atoms with E-state index in [0.717, 1.165) is 23.1 Å². The minimum absolute atomic E-state index is 0.714. The van der Waals surface area contributed by atoms with Gasteiger partial charge < -0.3 is 4.42 Å². The summed E-state index contributed by atoms with van der Waals surface area (Å²) in [5.74, 6) is 1.91. The van der Waals surface area contributed by atoms with Gasteiger partial charge in [0.25, 0.3) is 0 Å². The molecular formula is C13H14N2O. The van der Waals surface area contributed by atoms with Crippen LogP contribution in [0, 0.1) is 13.8 Å². The van der Waals surface area contributed by atoms with E-state index in [4.69, 9.17) is 4.42 Å². The first-order valence-electron chi connectivity index (χ1n) is 5.46. The molecule has 16 heavy (non-hydrogen) atoms. The van der Waals surface area contributed by atoms with Gasteiger partial charge in [-0.25, -0.2) is 0 Å². The lowest BCUT2D eigenvalue weighted by molar-refractivity contribution is 0.506. The first-order valence-corrected chi connectivity index (χ1v) is 5.46. The maximum absolute atomic E-state index is 5.84. The molecule has 0 aliphatic carbocycles. The summed E-state index contributed by atoms with van der Waals surface area (Å²) in [6.45, 7) is 6.85. The first-order chi connectivity index (χ1) is 7.68. The minimum atomic E-state index is 0.714. The summed E-state index contributed by atoms with van der Waals surface area (Å²) >= 11 is 0. The van der Waals surface area contributed by atoms with Gasteiger partial charge >= 0.3 is 0 Å². The number of hydrogen-bond acceptors (Lipinski definition) is 2. The maximum Gasteiger partial charge on any atom is 0.209 e. The van der Waals surface area contributed by atoms with E-state index in [1.54, 1.807) is 0 Å². The van der Waals surface area contributed by atoms with Gasteiger partial charge in [-0.15, -0.1) is 0 Å². The Labute approximate surface area is 94.4 Å². The molecule has 0 spiro atoms. The molecule has 82 valence electrons. The van der Waals surface area contributed by atoms with Crippen LogP contribution < -0.4 is 0 Å². The molecule has 3 heterocycles. The van der Waals surface area contributed by atoms with Crippen molar-refractivity contribution in [2.24, 2.45) is 4.99 Å². The van der Waals surface area contributed by atoms with Crippen molar-refractivity contribution in [3.8, 4) is 5.88 Å². The summed E-state index contributed by atoms with van der Waals surface area (Å²) in [7, 11) is 0. The molecule has 0 fully saturated rings. The molecule has 0 amide bonds. The Hall–Kier alpha value is -1.77. The Morgan fingerprint density at radius 2 is 2.12 bits per heavy atom. The van der Waals surface area contributed by atoms with Crippen molar-refractivity contribution in [3.05, 3.63) is 40.9 Å². The van der Waals surface area contributed by atoms with Crippen LogP contribution in [0.2, 0.25) is 0 Å². The van der Waals surface area contributed by atoms with Crippen molar-refractivity contribution in [1.82, 2.24) is 4.57 Å². The molecule has 0 radical (unpaired) electrons. The fourth-order valence-electron chi connectivity index (χ4n) is 2.17. The third-order valence-corrected chi connectivity index (χ3v) is 3.30. The SMILES string of the molecule is CC1=NCc2c(oc(C)c2C)-n2cccc21. The predicted octanol–water partition coefficient (Wildman–Crippen LogP) is 3.01. The van der Waals surface area contributed by atoms with Gasteiger partial charge in [-0.1, -0.05) is 0 Å². The molecule has 2 aromatic rings. The lowest BCUT2D eigenvalue weighted by Crippen LogP contribution is -2.01. The summed E-state index contributed by atoms with van der Waals surface area (Å²) in [4.78, 5) is 4.59. The van der Waals surface area contributed by atoms with Crippen molar-refractivity contribution < 1.29 is 4.42 Å². The van der Waals surface area contributed by atoms with E-state index in [-0.39, 0.29) is 0 Å². The van der Waals surface area contributed by atoms with Crippen LogP contribution in [0.15, 0.2) is 27.7 Å². The van der Waals surface area contributed by atoms with Crippen molar-refractivity contribution in [1.29, 1.82) is 0 Å². The number of nitrogens with zero attached hydrogens (tertiary/aromatic N) is 2.